The van der Waals surface area contributed by atoms with E-state index in [0.29, 0.717) is 29.7 Å². The average Bonchev–Trinajstić information content (AvgIpc) is 2.52. The minimum Gasteiger partial charge on any atom is -0.333 e. The fraction of sp³-hybridized carbons (Fsp3) is 0.278. The van der Waals surface area contributed by atoms with E-state index >= 15 is 0 Å². The molecule has 6 heteroatoms. The van der Waals surface area contributed by atoms with Crippen molar-refractivity contribution < 1.29 is 13.6 Å². The summed E-state index contributed by atoms with van der Waals surface area (Å²) in [4.78, 5) is 16.5. The minimum absolute atomic E-state index is 0.201. The van der Waals surface area contributed by atoms with Crippen molar-refractivity contribution in [2.45, 2.75) is 6.54 Å². The lowest BCUT2D eigenvalue weighted by atomic mass is 10.1. The number of rotatable bonds is 6. The maximum atomic E-state index is 13.3. The van der Waals surface area contributed by atoms with Gasteiger partial charge in [0.15, 0.2) is 0 Å². The molecule has 0 unspecified atom stereocenters. The predicted octanol–water partition coefficient (Wildman–Crippen LogP) is 3.93. The zero-order valence-corrected chi connectivity index (χ0v) is 15.2. The van der Waals surface area contributed by atoms with Gasteiger partial charge in [0.2, 0.25) is 0 Å². The van der Waals surface area contributed by atoms with Crippen LogP contribution in [-0.4, -0.2) is 42.9 Å². The van der Waals surface area contributed by atoms with E-state index < -0.39 is 5.82 Å². The second kappa shape index (κ2) is 8.35. The van der Waals surface area contributed by atoms with E-state index in [1.165, 1.54) is 30.3 Å². The van der Waals surface area contributed by atoms with Crippen LogP contribution in [0.5, 0.6) is 0 Å². The lowest BCUT2D eigenvalue weighted by Gasteiger charge is -2.25. The standard InChI is InChI=1S/C18H19BrF2N2O/c1-22(2)9-10-23(12-13-3-5-14(20)6-4-13)18(24)16-8-7-15(21)11-17(16)19/h3-8,11H,9-10,12H2,1-2H3. The SMILES string of the molecule is CN(C)CCN(Cc1ccc(F)cc1)C(=O)c1ccc(F)cc1Br. The molecule has 0 fully saturated rings. The summed E-state index contributed by atoms with van der Waals surface area (Å²) in [6, 6.07) is 10.1. The fourth-order valence-corrected chi connectivity index (χ4v) is 2.74. The van der Waals surface area contributed by atoms with Gasteiger partial charge < -0.3 is 9.80 Å². The minimum atomic E-state index is -0.406. The zero-order chi connectivity index (χ0) is 17.7. The van der Waals surface area contributed by atoms with Crippen LogP contribution in [0.2, 0.25) is 0 Å². The van der Waals surface area contributed by atoms with Crippen LogP contribution in [0, 0.1) is 11.6 Å². The molecule has 2 aromatic rings. The van der Waals surface area contributed by atoms with Gasteiger partial charge in [0, 0.05) is 24.1 Å². The van der Waals surface area contributed by atoms with Gasteiger partial charge in [-0.3, -0.25) is 4.79 Å². The molecule has 0 spiro atoms. The summed E-state index contributed by atoms with van der Waals surface area (Å²) in [5, 5.41) is 0. The largest absolute Gasteiger partial charge is 0.333 e. The van der Waals surface area contributed by atoms with Crippen LogP contribution < -0.4 is 0 Å². The molecule has 0 N–H and O–H groups in total. The lowest BCUT2D eigenvalue weighted by molar-refractivity contribution is 0.0731. The van der Waals surface area contributed by atoms with E-state index in [1.807, 2.05) is 19.0 Å². The quantitative estimate of drug-likeness (QED) is 0.738. The third kappa shape index (κ3) is 5.11. The Hall–Kier alpha value is -1.79. The van der Waals surface area contributed by atoms with Gasteiger partial charge >= 0.3 is 0 Å². The number of benzene rings is 2. The van der Waals surface area contributed by atoms with Gasteiger partial charge in [0.25, 0.3) is 5.91 Å². The second-order valence-electron chi connectivity index (χ2n) is 5.78. The number of halogens is 3. The maximum Gasteiger partial charge on any atom is 0.255 e. The normalized spacial score (nSPS) is 10.9. The topological polar surface area (TPSA) is 23.6 Å². The number of hydrogen-bond donors (Lipinski definition) is 0. The molecule has 0 heterocycles. The Morgan fingerprint density at radius 3 is 2.21 bits per heavy atom. The van der Waals surface area contributed by atoms with Gasteiger partial charge in [-0.2, -0.15) is 0 Å². The van der Waals surface area contributed by atoms with Crippen molar-refractivity contribution in [1.29, 1.82) is 0 Å². The van der Waals surface area contributed by atoms with Gasteiger partial charge in [0.05, 0.1) is 5.56 Å². The highest BCUT2D eigenvalue weighted by atomic mass is 79.9. The first-order valence-electron chi connectivity index (χ1n) is 7.50. The molecular formula is C18H19BrF2N2O. The van der Waals surface area contributed by atoms with Crippen molar-refractivity contribution in [2.24, 2.45) is 0 Å². The van der Waals surface area contributed by atoms with Crippen LogP contribution in [0.3, 0.4) is 0 Å². The number of likely N-dealkylation sites (N-methyl/N-ethyl adjacent to an activating group) is 1. The highest BCUT2D eigenvalue weighted by Crippen LogP contribution is 2.21. The molecule has 128 valence electrons. The lowest BCUT2D eigenvalue weighted by Crippen LogP contribution is -2.36. The highest BCUT2D eigenvalue weighted by molar-refractivity contribution is 9.10. The van der Waals surface area contributed by atoms with Crippen molar-refractivity contribution in [2.75, 3.05) is 27.2 Å². The third-order valence-corrected chi connectivity index (χ3v) is 4.21. The molecule has 0 atom stereocenters. The average molecular weight is 397 g/mol. The van der Waals surface area contributed by atoms with Gasteiger partial charge in [-0.15, -0.1) is 0 Å². The van der Waals surface area contributed by atoms with Gasteiger partial charge in [0.1, 0.15) is 11.6 Å². The first-order chi connectivity index (χ1) is 11.4. The number of carbonyl (C=O) groups excluding carboxylic acids is 1. The Morgan fingerprint density at radius 2 is 1.62 bits per heavy atom. The highest BCUT2D eigenvalue weighted by Gasteiger charge is 2.19. The van der Waals surface area contributed by atoms with Crippen LogP contribution in [0.25, 0.3) is 0 Å². The summed E-state index contributed by atoms with van der Waals surface area (Å²) in [6.45, 7) is 1.55. The van der Waals surface area contributed by atoms with Crippen molar-refractivity contribution in [3.8, 4) is 0 Å². The van der Waals surface area contributed by atoms with E-state index in [1.54, 1.807) is 17.0 Å². The maximum absolute atomic E-state index is 13.3. The molecule has 24 heavy (non-hydrogen) atoms. The number of amides is 1. The number of hydrogen-bond acceptors (Lipinski definition) is 2. The summed E-state index contributed by atoms with van der Waals surface area (Å²) < 4.78 is 26.7. The Morgan fingerprint density at radius 1 is 1.00 bits per heavy atom. The Bertz CT molecular complexity index is 705. The summed E-state index contributed by atoms with van der Waals surface area (Å²) >= 11 is 3.24. The first-order valence-corrected chi connectivity index (χ1v) is 8.29. The summed E-state index contributed by atoms with van der Waals surface area (Å²) in [5.41, 5.74) is 1.24. The fourth-order valence-electron chi connectivity index (χ4n) is 2.22. The van der Waals surface area contributed by atoms with E-state index in [2.05, 4.69) is 15.9 Å². The zero-order valence-electron chi connectivity index (χ0n) is 13.6. The number of nitrogens with zero attached hydrogens (tertiary/aromatic N) is 2. The Labute approximate surface area is 149 Å². The molecule has 0 aliphatic heterocycles. The van der Waals surface area contributed by atoms with Crippen molar-refractivity contribution in [3.63, 3.8) is 0 Å². The Kier molecular flexibility index (Phi) is 6.45. The van der Waals surface area contributed by atoms with Crippen LogP contribution in [-0.2, 0) is 6.54 Å². The molecular weight excluding hydrogens is 378 g/mol. The van der Waals surface area contributed by atoms with Crippen LogP contribution in [0.15, 0.2) is 46.9 Å². The molecule has 0 saturated heterocycles. The molecule has 2 rings (SSSR count). The Balaban J connectivity index is 2.23. The predicted molar refractivity (Wildman–Crippen MR) is 93.8 cm³/mol. The first kappa shape index (κ1) is 18.5. The van der Waals surface area contributed by atoms with E-state index in [-0.39, 0.29) is 11.7 Å². The molecule has 0 saturated carbocycles. The molecule has 0 aliphatic rings. The van der Waals surface area contributed by atoms with E-state index in [0.717, 1.165) is 5.56 Å². The van der Waals surface area contributed by atoms with Crippen LogP contribution >= 0.6 is 15.9 Å². The van der Waals surface area contributed by atoms with E-state index in [4.69, 9.17) is 0 Å². The van der Waals surface area contributed by atoms with Crippen LogP contribution in [0.4, 0.5) is 8.78 Å². The summed E-state index contributed by atoms with van der Waals surface area (Å²) in [5.74, 6) is -0.920. The molecule has 0 radical (unpaired) electrons. The second-order valence-corrected chi connectivity index (χ2v) is 6.63. The van der Waals surface area contributed by atoms with E-state index in [9.17, 15) is 13.6 Å². The number of carbonyl (C=O) groups is 1. The third-order valence-electron chi connectivity index (χ3n) is 3.55. The van der Waals surface area contributed by atoms with Crippen molar-refractivity contribution >= 4 is 21.8 Å². The molecule has 2 aromatic carbocycles. The molecule has 0 aromatic heterocycles. The molecule has 3 nitrogen and oxygen atoms in total. The summed E-state index contributed by atoms with van der Waals surface area (Å²) in [7, 11) is 3.85. The summed E-state index contributed by atoms with van der Waals surface area (Å²) in [6.07, 6.45) is 0. The smallest absolute Gasteiger partial charge is 0.255 e. The van der Waals surface area contributed by atoms with Gasteiger partial charge in [-0.05, 0) is 65.9 Å². The monoisotopic (exact) mass is 396 g/mol. The van der Waals surface area contributed by atoms with Crippen LogP contribution in [0.1, 0.15) is 15.9 Å². The molecule has 1 amide bonds. The van der Waals surface area contributed by atoms with Gasteiger partial charge in [-0.25, -0.2) is 8.78 Å². The molecule has 0 aliphatic carbocycles. The van der Waals surface area contributed by atoms with Crippen molar-refractivity contribution in [1.82, 2.24) is 9.80 Å². The van der Waals surface area contributed by atoms with Gasteiger partial charge in [-0.1, -0.05) is 12.1 Å². The van der Waals surface area contributed by atoms with Crippen molar-refractivity contribution in [3.05, 3.63) is 69.7 Å². The molecule has 0 bridgehead atoms.